The molecule has 1 saturated heterocycles. The van der Waals surface area contributed by atoms with Gasteiger partial charge in [-0.15, -0.1) is 21.5 Å². The van der Waals surface area contributed by atoms with Crippen LogP contribution in [0, 0.1) is 0 Å². The molecular weight excluding hydrogens is 330 g/mol. The first-order chi connectivity index (χ1) is 11.2. The summed E-state index contributed by atoms with van der Waals surface area (Å²) < 4.78 is 7.96. The van der Waals surface area contributed by atoms with E-state index < -0.39 is 0 Å². The molecule has 1 aliphatic heterocycles. The highest BCUT2D eigenvalue weighted by atomic mass is 32.2. The van der Waals surface area contributed by atoms with Gasteiger partial charge in [0.15, 0.2) is 11.0 Å². The second-order valence-corrected chi connectivity index (χ2v) is 7.69. The molecule has 1 aliphatic rings. The van der Waals surface area contributed by atoms with Crippen LogP contribution in [0.4, 0.5) is 0 Å². The predicted molar refractivity (Wildman–Crippen MR) is 92.9 cm³/mol. The molecule has 0 N–H and O–H groups in total. The van der Waals surface area contributed by atoms with Crippen molar-refractivity contribution in [3.8, 4) is 10.7 Å². The van der Waals surface area contributed by atoms with Crippen molar-refractivity contribution in [1.29, 1.82) is 0 Å². The van der Waals surface area contributed by atoms with Crippen LogP contribution in [0.15, 0.2) is 22.7 Å². The Bertz CT molecular complexity index is 634. The topological polar surface area (TPSA) is 57.0 Å². The van der Waals surface area contributed by atoms with Gasteiger partial charge in [-0.2, -0.15) is 0 Å². The molecule has 124 valence electrons. The summed E-state index contributed by atoms with van der Waals surface area (Å²) >= 11 is 3.35. The molecule has 0 radical (unpaired) electrons. The van der Waals surface area contributed by atoms with E-state index in [-0.39, 0.29) is 11.9 Å². The molecule has 3 heterocycles. The molecule has 1 fully saturated rings. The van der Waals surface area contributed by atoms with E-state index in [2.05, 4.69) is 26.2 Å². The molecule has 1 unspecified atom stereocenters. The summed E-state index contributed by atoms with van der Waals surface area (Å²) in [5.41, 5.74) is 0. The molecule has 0 bridgehead atoms. The number of Topliss-reactive ketones (excluding diaryl/α,β-unsaturated/α-hetero) is 1. The summed E-state index contributed by atoms with van der Waals surface area (Å²) in [5, 5.41) is 11.7. The Morgan fingerprint density at radius 1 is 1.52 bits per heavy atom. The SMILES string of the molecule is CC(=O)CCCSc1nnc(-c2cccs2)n1CC1CCCO1. The van der Waals surface area contributed by atoms with E-state index in [9.17, 15) is 4.79 Å². The number of nitrogens with zero attached hydrogens (tertiary/aromatic N) is 3. The summed E-state index contributed by atoms with van der Waals surface area (Å²) in [6.45, 7) is 3.29. The largest absolute Gasteiger partial charge is 0.376 e. The maximum Gasteiger partial charge on any atom is 0.191 e. The van der Waals surface area contributed by atoms with Gasteiger partial charge in [0.2, 0.25) is 0 Å². The molecule has 2 aromatic rings. The Balaban J connectivity index is 1.73. The third kappa shape index (κ3) is 4.43. The normalized spacial score (nSPS) is 17.7. The Morgan fingerprint density at radius 3 is 3.13 bits per heavy atom. The lowest BCUT2D eigenvalue weighted by molar-refractivity contribution is -0.117. The molecule has 0 saturated carbocycles. The number of carbonyl (C=O) groups excluding carboxylic acids is 1. The van der Waals surface area contributed by atoms with Crippen LogP contribution in [-0.4, -0.2) is 39.0 Å². The van der Waals surface area contributed by atoms with Gasteiger partial charge in [0.1, 0.15) is 5.78 Å². The fourth-order valence-electron chi connectivity index (χ4n) is 2.62. The molecule has 0 spiro atoms. The van der Waals surface area contributed by atoms with Crippen molar-refractivity contribution in [1.82, 2.24) is 14.8 Å². The van der Waals surface area contributed by atoms with E-state index in [0.717, 1.165) is 54.0 Å². The number of hydrogen-bond donors (Lipinski definition) is 0. The minimum Gasteiger partial charge on any atom is -0.376 e. The van der Waals surface area contributed by atoms with E-state index in [1.807, 2.05) is 6.07 Å². The molecule has 2 aromatic heterocycles. The zero-order valence-corrected chi connectivity index (χ0v) is 14.9. The van der Waals surface area contributed by atoms with Gasteiger partial charge in [-0.25, -0.2) is 0 Å². The van der Waals surface area contributed by atoms with Gasteiger partial charge >= 0.3 is 0 Å². The maximum absolute atomic E-state index is 11.1. The molecule has 7 heteroatoms. The lowest BCUT2D eigenvalue weighted by Crippen LogP contribution is -2.16. The standard InChI is InChI=1S/C16H21N3O2S2/c1-12(20)5-3-10-23-16-18-17-15(14-7-4-9-22-14)19(16)11-13-6-2-8-21-13/h4,7,9,13H,2-3,5-6,8,10-11H2,1H3. The molecule has 1 atom stereocenters. The fourth-order valence-corrected chi connectivity index (χ4v) is 4.23. The number of thiophene rings is 1. The monoisotopic (exact) mass is 351 g/mol. The minimum absolute atomic E-state index is 0.241. The summed E-state index contributed by atoms with van der Waals surface area (Å²) in [5.74, 6) is 2.04. The Kier molecular flexibility index (Phi) is 5.85. The van der Waals surface area contributed by atoms with E-state index in [1.54, 1.807) is 30.0 Å². The third-order valence-electron chi connectivity index (χ3n) is 3.77. The second-order valence-electron chi connectivity index (χ2n) is 5.68. The number of hydrogen-bond acceptors (Lipinski definition) is 6. The average molecular weight is 351 g/mol. The predicted octanol–water partition coefficient (Wildman–Crippen LogP) is 3.65. The van der Waals surface area contributed by atoms with Crippen LogP contribution in [-0.2, 0) is 16.1 Å². The molecule has 3 rings (SSSR count). The highest BCUT2D eigenvalue weighted by molar-refractivity contribution is 7.99. The summed E-state index contributed by atoms with van der Waals surface area (Å²) in [6.07, 6.45) is 3.98. The van der Waals surface area contributed by atoms with Crippen molar-refractivity contribution >= 4 is 28.9 Å². The first-order valence-electron chi connectivity index (χ1n) is 7.95. The first-order valence-corrected chi connectivity index (χ1v) is 9.81. The molecule has 0 aliphatic carbocycles. The number of carbonyl (C=O) groups is 1. The van der Waals surface area contributed by atoms with E-state index in [1.165, 1.54) is 0 Å². The van der Waals surface area contributed by atoms with Crippen LogP contribution in [0.5, 0.6) is 0 Å². The number of thioether (sulfide) groups is 1. The highest BCUT2D eigenvalue weighted by Crippen LogP contribution is 2.29. The summed E-state index contributed by atoms with van der Waals surface area (Å²) in [7, 11) is 0. The van der Waals surface area contributed by atoms with Crippen molar-refractivity contribution in [3.63, 3.8) is 0 Å². The molecular formula is C16H21N3O2S2. The number of ketones is 1. The van der Waals surface area contributed by atoms with Crippen LogP contribution >= 0.6 is 23.1 Å². The van der Waals surface area contributed by atoms with Gasteiger partial charge in [0.25, 0.3) is 0 Å². The molecule has 23 heavy (non-hydrogen) atoms. The smallest absolute Gasteiger partial charge is 0.191 e. The maximum atomic E-state index is 11.1. The quantitative estimate of drug-likeness (QED) is 0.537. The fraction of sp³-hybridized carbons (Fsp3) is 0.562. The zero-order chi connectivity index (χ0) is 16.1. The summed E-state index contributed by atoms with van der Waals surface area (Å²) in [4.78, 5) is 12.2. The van der Waals surface area contributed by atoms with Gasteiger partial charge in [-0.05, 0) is 37.6 Å². The first kappa shape index (κ1) is 16.7. The van der Waals surface area contributed by atoms with Crippen molar-refractivity contribution < 1.29 is 9.53 Å². The van der Waals surface area contributed by atoms with Gasteiger partial charge in [-0.3, -0.25) is 4.57 Å². The number of rotatable bonds is 8. The number of aromatic nitrogens is 3. The van der Waals surface area contributed by atoms with Crippen molar-refractivity contribution in [2.45, 2.75) is 50.4 Å². The van der Waals surface area contributed by atoms with Gasteiger partial charge in [0, 0.05) is 18.8 Å². The molecule has 0 aromatic carbocycles. The van der Waals surface area contributed by atoms with Crippen LogP contribution in [0.25, 0.3) is 10.7 Å². The minimum atomic E-state index is 0.241. The zero-order valence-electron chi connectivity index (χ0n) is 13.2. The van der Waals surface area contributed by atoms with E-state index in [4.69, 9.17) is 4.74 Å². The van der Waals surface area contributed by atoms with Gasteiger partial charge < -0.3 is 9.53 Å². The second kappa shape index (κ2) is 8.08. The van der Waals surface area contributed by atoms with Crippen LogP contribution in [0.3, 0.4) is 0 Å². The number of ether oxygens (including phenoxy) is 1. The lowest BCUT2D eigenvalue weighted by Gasteiger charge is -2.14. The van der Waals surface area contributed by atoms with Gasteiger partial charge in [0.05, 0.1) is 17.5 Å². The average Bonchev–Trinajstić information content (AvgIpc) is 3.26. The molecule has 0 amide bonds. The van der Waals surface area contributed by atoms with Crippen LogP contribution in [0.2, 0.25) is 0 Å². The Morgan fingerprint density at radius 2 is 2.43 bits per heavy atom. The van der Waals surface area contributed by atoms with Crippen LogP contribution in [0.1, 0.15) is 32.6 Å². The third-order valence-corrected chi connectivity index (χ3v) is 5.69. The summed E-state index contributed by atoms with van der Waals surface area (Å²) in [6, 6.07) is 4.11. The van der Waals surface area contributed by atoms with Crippen molar-refractivity contribution in [2.24, 2.45) is 0 Å². The lowest BCUT2D eigenvalue weighted by atomic mass is 10.2. The van der Waals surface area contributed by atoms with E-state index >= 15 is 0 Å². The Labute approximate surface area is 144 Å². The van der Waals surface area contributed by atoms with Crippen LogP contribution < -0.4 is 0 Å². The van der Waals surface area contributed by atoms with Crippen molar-refractivity contribution in [3.05, 3.63) is 17.5 Å². The molecule has 5 nitrogen and oxygen atoms in total. The van der Waals surface area contributed by atoms with Crippen molar-refractivity contribution in [2.75, 3.05) is 12.4 Å². The Hall–Kier alpha value is -1.18. The van der Waals surface area contributed by atoms with Gasteiger partial charge in [-0.1, -0.05) is 17.8 Å². The van der Waals surface area contributed by atoms with E-state index in [0.29, 0.717) is 6.42 Å². The highest BCUT2D eigenvalue weighted by Gasteiger charge is 2.22.